The summed E-state index contributed by atoms with van der Waals surface area (Å²) in [6, 6.07) is 6.89. The van der Waals surface area contributed by atoms with Gasteiger partial charge in [0.15, 0.2) is 0 Å². The van der Waals surface area contributed by atoms with Crippen molar-refractivity contribution in [3.8, 4) is 16.9 Å². The van der Waals surface area contributed by atoms with Crippen molar-refractivity contribution in [3.63, 3.8) is 0 Å². The third kappa shape index (κ3) is 3.10. The van der Waals surface area contributed by atoms with Gasteiger partial charge < -0.3 is 9.47 Å². The average Bonchev–Trinajstić information content (AvgIpc) is 2.98. The Bertz CT molecular complexity index is 1000. The number of fused-ring (bicyclic) bond motifs is 1. The molecule has 3 aromatic rings. The fourth-order valence-electron chi connectivity index (χ4n) is 2.91. The molecule has 7 heteroatoms. The van der Waals surface area contributed by atoms with Crippen LogP contribution >= 0.6 is 11.3 Å². The van der Waals surface area contributed by atoms with E-state index in [0.717, 1.165) is 21.8 Å². The smallest absolute Gasteiger partial charge is 0.328 e. The van der Waals surface area contributed by atoms with Crippen LogP contribution in [0.15, 0.2) is 35.4 Å². The summed E-state index contributed by atoms with van der Waals surface area (Å²) in [6.07, 6.45) is 1.41. The van der Waals surface area contributed by atoms with Crippen LogP contribution in [-0.2, 0) is 9.53 Å². The van der Waals surface area contributed by atoms with Gasteiger partial charge in [0.05, 0.1) is 25.4 Å². The van der Waals surface area contributed by atoms with Crippen LogP contribution in [0, 0.1) is 6.92 Å². The second kappa shape index (κ2) is 7.29. The molecule has 0 spiro atoms. The Balaban J connectivity index is 2.18. The Morgan fingerprint density at radius 3 is 2.62 bits per heavy atom. The van der Waals surface area contributed by atoms with Crippen LogP contribution in [0.25, 0.3) is 21.3 Å². The lowest BCUT2D eigenvalue weighted by Crippen LogP contribution is -2.29. The fourth-order valence-corrected chi connectivity index (χ4v) is 3.91. The van der Waals surface area contributed by atoms with Gasteiger partial charge in [-0.2, -0.15) is 0 Å². The average molecular weight is 372 g/mol. The van der Waals surface area contributed by atoms with Crippen LogP contribution in [0.4, 0.5) is 0 Å². The van der Waals surface area contributed by atoms with Crippen molar-refractivity contribution in [2.75, 3.05) is 13.7 Å². The molecule has 0 aliphatic rings. The van der Waals surface area contributed by atoms with Gasteiger partial charge in [0, 0.05) is 10.4 Å². The van der Waals surface area contributed by atoms with Crippen LogP contribution in [0.2, 0.25) is 0 Å². The predicted molar refractivity (Wildman–Crippen MR) is 102 cm³/mol. The first-order chi connectivity index (χ1) is 12.5. The largest absolute Gasteiger partial charge is 0.494 e. The number of benzene rings is 1. The lowest BCUT2D eigenvalue weighted by atomic mass is 10.0. The number of nitrogens with zero attached hydrogens (tertiary/aromatic N) is 2. The first-order valence-corrected chi connectivity index (χ1v) is 9.10. The normalized spacial score (nSPS) is 12.2. The van der Waals surface area contributed by atoms with E-state index in [9.17, 15) is 9.59 Å². The molecular weight excluding hydrogens is 352 g/mol. The van der Waals surface area contributed by atoms with E-state index < -0.39 is 12.0 Å². The van der Waals surface area contributed by atoms with Gasteiger partial charge in [-0.3, -0.25) is 9.36 Å². The van der Waals surface area contributed by atoms with Crippen molar-refractivity contribution in [3.05, 3.63) is 45.8 Å². The summed E-state index contributed by atoms with van der Waals surface area (Å²) in [4.78, 5) is 30.9. The molecule has 2 heterocycles. The second-order valence-electron chi connectivity index (χ2n) is 5.83. The highest BCUT2D eigenvalue weighted by molar-refractivity contribution is 7.19. The van der Waals surface area contributed by atoms with Crippen LogP contribution in [-0.4, -0.2) is 29.2 Å². The van der Waals surface area contributed by atoms with Crippen molar-refractivity contribution in [2.45, 2.75) is 26.8 Å². The molecule has 0 radical (unpaired) electrons. The molecule has 0 saturated carbocycles. The van der Waals surface area contributed by atoms with E-state index in [-0.39, 0.29) is 5.56 Å². The second-order valence-corrected chi connectivity index (χ2v) is 7.03. The number of rotatable bonds is 5. The van der Waals surface area contributed by atoms with Crippen LogP contribution in [0.5, 0.6) is 5.75 Å². The van der Waals surface area contributed by atoms with Crippen molar-refractivity contribution < 1.29 is 14.3 Å². The van der Waals surface area contributed by atoms with Crippen LogP contribution in [0.3, 0.4) is 0 Å². The number of methoxy groups -OCH3 is 1. The third-order valence-corrected chi connectivity index (χ3v) is 5.24. The molecule has 136 valence electrons. The van der Waals surface area contributed by atoms with Gasteiger partial charge in [0.2, 0.25) is 0 Å². The molecule has 6 nitrogen and oxygen atoms in total. The summed E-state index contributed by atoms with van der Waals surface area (Å²) < 4.78 is 11.6. The highest BCUT2D eigenvalue weighted by atomic mass is 32.1. The van der Waals surface area contributed by atoms with Gasteiger partial charge >= 0.3 is 5.97 Å². The van der Waals surface area contributed by atoms with Gasteiger partial charge in [0.25, 0.3) is 5.56 Å². The van der Waals surface area contributed by atoms with Crippen LogP contribution in [0.1, 0.15) is 24.8 Å². The minimum absolute atomic E-state index is 0.249. The number of aromatic nitrogens is 2. The maximum atomic E-state index is 13.1. The lowest BCUT2D eigenvalue weighted by molar-refractivity contribution is -0.144. The Labute approximate surface area is 155 Å². The SMILES string of the molecule is CCOc1ccc(-c2c(C)sc3ncn([C@H](C)C(=O)OC)c(=O)c23)cc1. The van der Waals surface area contributed by atoms with E-state index in [1.54, 1.807) is 6.92 Å². The van der Waals surface area contributed by atoms with Gasteiger partial charge in [0.1, 0.15) is 16.6 Å². The summed E-state index contributed by atoms with van der Waals surface area (Å²) >= 11 is 1.46. The van der Waals surface area contributed by atoms with E-state index in [2.05, 4.69) is 4.98 Å². The Kier molecular flexibility index (Phi) is 5.08. The third-order valence-electron chi connectivity index (χ3n) is 4.23. The Morgan fingerprint density at radius 1 is 1.31 bits per heavy atom. The zero-order valence-electron chi connectivity index (χ0n) is 15.1. The number of ether oxygens (including phenoxy) is 2. The molecule has 0 amide bonds. The van der Waals surface area contributed by atoms with Crippen LogP contribution < -0.4 is 10.3 Å². The molecule has 0 fully saturated rings. The van der Waals surface area contributed by atoms with E-state index >= 15 is 0 Å². The summed E-state index contributed by atoms with van der Waals surface area (Å²) in [7, 11) is 1.30. The van der Waals surface area contributed by atoms with Crippen molar-refractivity contribution in [2.24, 2.45) is 0 Å². The van der Waals surface area contributed by atoms with Gasteiger partial charge in [-0.25, -0.2) is 9.78 Å². The number of carbonyl (C=O) groups excluding carboxylic acids is 1. The molecule has 0 unspecified atom stereocenters. The van der Waals surface area contributed by atoms with E-state index in [4.69, 9.17) is 9.47 Å². The maximum absolute atomic E-state index is 13.1. The molecule has 1 atom stereocenters. The summed E-state index contributed by atoms with van der Waals surface area (Å²) in [5, 5.41) is 0.523. The van der Waals surface area contributed by atoms with E-state index in [1.165, 1.54) is 29.3 Å². The van der Waals surface area contributed by atoms with Crippen molar-refractivity contribution >= 4 is 27.5 Å². The number of aryl methyl sites for hydroxylation is 1. The molecule has 0 bridgehead atoms. The number of hydrogen-bond donors (Lipinski definition) is 0. The summed E-state index contributed by atoms with van der Waals surface area (Å²) in [6.45, 7) is 6.11. The minimum Gasteiger partial charge on any atom is -0.494 e. The van der Waals surface area contributed by atoms with Gasteiger partial charge in [-0.05, 0) is 38.5 Å². The number of carbonyl (C=O) groups is 1. The highest BCUT2D eigenvalue weighted by Gasteiger charge is 2.22. The number of hydrogen-bond acceptors (Lipinski definition) is 6. The maximum Gasteiger partial charge on any atom is 0.328 e. The van der Waals surface area contributed by atoms with E-state index in [1.807, 2.05) is 38.1 Å². The number of esters is 1. The first-order valence-electron chi connectivity index (χ1n) is 8.29. The zero-order valence-corrected chi connectivity index (χ0v) is 15.9. The van der Waals surface area contributed by atoms with Crippen molar-refractivity contribution in [1.29, 1.82) is 0 Å². The quantitative estimate of drug-likeness (QED) is 0.641. The molecule has 0 saturated heterocycles. The Hall–Kier alpha value is -2.67. The zero-order chi connectivity index (χ0) is 18.8. The van der Waals surface area contributed by atoms with E-state index in [0.29, 0.717) is 16.8 Å². The predicted octanol–water partition coefficient (Wildman–Crippen LogP) is 3.57. The molecule has 0 aliphatic heterocycles. The molecule has 2 aromatic heterocycles. The van der Waals surface area contributed by atoms with Gasteiger partial charge in [-0.1, -0.05) is 12.1 Å². The minimum atomic E-state index is -0.738. The summed E-state index contributed by atoms with van der Waals surface area (Å²) in [5.41, 5.74) is 1.51. The number of thiophene rings is 1. The molecule has 0 N–H and O–H groups in total. The monoisotopic (exact) mass is 372 g/mol. The topological polar surface area (TPSA) is 70.4 Å². The lowest BCUT2D eigenvalue weighted by Gasteiger charge is -2.12. The fraction of sp³-hybridized carbons (Fsp3) is 0.316. The summed E-state index contributed by atoms with van der Waals surface area (Å²) in [5.74, 6) is 0.297. The Morgan fingerprint density at radius 2 is 2.00 bits per heavy atom. The molecule has 26 heavy (non-hydrogen) atoms. The molecule has 1 aromatic carbocycles. The van der Waals surface area contributed by atoms with Crippen molar-refractivity contribution in [1.82, 2.24) is 9.55 Å². The standard InChI is InChI=1S/C19H20N2O4S/c1-5-25-14-8-6-13(7-9-14)15-12(3)26-17-16(15)18(22)21(10-20-17)11(2)19(23)24-4/h6-11H,5H2,1-4H3/t11-/m1/s1. The van der Waals surface area contributed by atoms with Gasteiger partial charge in [-0.15, -0.1) is 11.3 Å². The highest BCUT2D eigenvalue weighted by Crippen LogP contribution is 2.36. The molecule has 3 rings (SSSR count). The molecular formula is C19H20N2O4S. The molecule has 0 aliphatic carbocycles. The first kappa shape index (κ1) is 18.1.